The van der Waals surface area contributed by atoms with Crippen molar-refractivity contribution in [2.24, 2.45) is 0 Å². The number of carboxylic acids is 1. The number of anilines is 1. The fourth-order valence-electron chi connectivity index (χ4n) is 1.99. The number of carboxylic acid groups (broad SMARTS) is 1. The molecular formula is C17H21N3O3. The summed E-state index contributed by atoms with van der Waals surface area (Å²) < 4.78 is 0. The number of rotatable bonds is 8. The van der Waals surface area contributed by atoms with Gasteiger partial charge in [0.15, 0.2) is 0 Å². The highest BCUT2D eigenvalue weighted by atomic mass is 16.4. The molecule has 6 heteroatoms. The van der Waals surface area contributed by atoms with E-state index in [2.05, 4.69) is 5.32 Å². The van der Waals surface area contributed by atoms with E-state index in [-0.39, 0.29) is 18.5 Å². The van der Waals surface area contributed by atoms with Crippen LogP contribution in [0.1, 0.15) is 25.3 Å². The number of nitriles is 1. The number of amides is 1. The molecule has 0 radical (unpaired) electrons. The van der Waals surface area contributed by atoms with Crippen LogP contribution >= 0.6 is 0 Å². The number of carbonyl (C=O) groups excluding carboxylic acids is 1. The van der Waals surface area contributed by atoms with E-state index in [0.29, 0.717) is 13.0 Å². The molecule has 6 nitrogen and oxygen atoms in total. The van der Waals surface area contributed by atoms with E-state index in [4.69, 9.17) is 5.11 Å². The molecule has 1 aromatic carbocycles. The van der Waals surface area contributed by atoms with Gasteiger partial charge in [-0.3, -0.25) is 9.59 Å². The molecule has 1 rings (SSSR count). The Labute approximate surface area is 136 Å². The van der Waals surface area contributed by atoms with Crippen molar-refractivity contribution in [1.82, 2.24) is 5.32 Å². The average molecular weight is 315 g/mol. The molecule has 0 heterocycles. The van der Waals surface area contributed by atoms with Gasteiger partial charge >= 0.3 is 5.97 Å². The van der Waals surface area contributed by atoms with Crippen LogP contribution in [0.3, 0.4) is 0 Å². The van der Waals surface area contributed by atoms with Gasteiger partial charge in [-0.05, 0) is 38.0 Å². The lowest BCUT2D eigenvalue weighted by molar-refractivity contribution is -0.137. The number of nitrogens with one attached hydrogen (secondary N) is 1. The summed E-state index contributed by atoms with van der Waals surface area (Å²) in [7, 11) is 0. The van der Waals surface area contributed by atoms with E-state index in [1.807, 2.05) is 49.1 Å². The zero-order valence-corrected chi connectivity index (χ0v) is 13.4. The molecule has 0 aliphatic rings. The minimum Gasteiger partial charge on any atom is -0.481 e. The quantitative estimate of drug-likeness (QED) is 0.436. The zero-order valence-electron chi connectivity index (χ0n) is 13.4. The molecule has 0 saturated carbocycles. The maximum Gasteiger partial charge on any atom is 0.303 e. The SMILES string of the molecule is CCN(/C=C(/C#N)C(=O)NCCCC(=O)O)c1cccc(C)c1. The van der Waals surface area contributed by atoms with Gasteiger partial charge in [0, 0.05) is 31.4 Å². The third-order valence-corrected chi connectivity index (χ3v) is 3.18. The first-order valence-corrected chi connectivity index (χ1v) is 7.43. The summed E-state index contributed by atoms with van der Waals surface area (Å²) in [6.07, 6.45) is 1.83. The van der Waals surface area contributed by atoms with Gasteiger partial charge in [0.05, 0.1) is 0 Å². The monoisotopic (exact) mass is 315 g/mol. The summed E-state index contributed by atoms with van der Waals surface area (Å²) in [4.78, 5) is 24.2. The van der Waals surface area contributed by atoms with E-state index in [1.165, 1.54) is 6.20 Å². The van der Waals surface area contributed by atoms with Crippen molar-refractivity contribution >= 4 is 17.6 Å². The predicted octanol–water partition coefficient (Wildman–Crippen LogP) is 2.21. The second kappa shape index (κ2) is 9.26. The molecule has 23 heavy (non-hydrogen) atoms. The first-order valence-electron chi connectivity index (χ1n) is 7.43. The minimum absolute atomic E-state index is 0.0105. The fraction of sp³-hybridized carbons (Fsp3) is 0.353. The van der Waals surface area contributed by atoms with E-state index >= 15 is 0 Å². The number of benzene rings is 1. The van der Waals surface area contributed by atoms with Gasteiger partial charge in [-0.25, -0.2) is 0 Å². The van der Waals surface area contributed by atoms with E-state index < -0.39 is 11.9 Å². The van der Waals surface area contributed by atoms with Gasteiger partial charge in [0.25, 0.3) is 5.91 Å². The van der Waals surface area contributed by atoms with Crippen molar-refractivity contribution in [3.8, 4) is 6.07 Å². The predicted molar refractivity (Wildman–Crippen MR) is 87.8 cm³/mol. The summed E-state index contributed by atoms with van der Waals surface area (Å²) >= 11 is 0. The summed E-state index contributed by atoms with van der Waals surface area (Å²) in [6, 6.07) is 9.66. The number of nitrogens with zero attached hydrogens (tertiary/aromatic N) is 2. The maximum atomic E-state index is 12.0. The summed E-state index contributed by atoms with van der Waals surface area (Å²) in [6.45, 7) is 4.74. The van der Waals surface area contributed by atoms with Gasteiger partial charge in [-0.2, -0.15) is 5.26 Å². The molecule has 2 N–H and O–H groups in total. The number of hydrogen-bond donors (Lipinski definition) is 2. The van der Waals surface area contributed by atoms with E-state index in [1.54, 1.807) is 0 Å². The van der Waals surface area contributed by atoms with Crippen LogP contribution in [0.5, 0.6) is 0 Å². The minimum atomic E-state index is -0.910. The number of aliphatic carboxylic acids is 1. The van der Waals surface area contributed by atoms with Gasteiger partial charge in [0.2, 0.25) is 0 Å². The lowest BCUT2D eigenvalue weighted by atomic mass is 10.2. The van der Waals surface area contributed by atoms with Crippen LogP contribution in [0.25, 0.3) is 0 Å². The second-order valence-electron chi connectivity index (χ2n) is 5.03. The molecule has 1 aromatic rings. The van der Waals surface area contributed by atoms with Crippen LogP contribution in [0.4, 0.5) is 5.69 Å². The largest absolute Gasteiger partial charge is 0.481 e. The summed E-state index contributed by atoms with van der Waals surface area (Å²) in [5, 5.41) is 20.3. The van der Waals surface area contributed by atoms with Crippen LogP contribution in [-0.2, 0) is 9.59 Å². The fourth-order valence-corrected chi connectivity index (χ4v) is 1.99. The first-order chi connectivity index (χ1) is 11.0. The van der Waals surface area contributed by atoms with Crippen molar-refractivity contribution in [3.05, 3.63) is 41.6 Å². The molecule has 0 spiro atoms. The Morgan fingerprint density at radius 2 is 2.17 bits per heavy atom. The number of aryl methyl sites for hydroxylation is 1. The molecule has 122 valence electrons. The van der Waals surface area contributed by atoms with Crippen molar-refractivity contribution in [2.45, 2.75) is 26.7 Å². The molecule has 0 aliphatic heterocycles. The maximum absolute atomic E-state index is 12.0. The lowest BCUT2D eigenvalue weighted by Crippen LogP contribution is -2.28. The van der Waals surface area contributed by atoms with E-state index in [9.17, 15) is 14.9 Å². The van der Waals surface area contributed by atoms with Crippen LogP contribution in [0.2, 0.25) is 0 Å². The van der Waals surface area contributed by atoms with Crippen molar-refractivity contribution in [2.75, 3.05) is 18.0 Å². The van der Waals surface area contributed by atoms with Gasteiger partial charge < -0.3 is 15.3 Å². The Kier molecular flexibility index (Phi) is 7.34. The highest BCUT2D eigenvalue weighted by Crippen LogP contribution is 2.17. The lowest BCUT2D eigenvalue weighted by Gasteiger charge is -2.19. The molecule has 0 aromatic heterocycles. The Morgan fingerprint density at radius 1 is 1.43 bits per heavy atom. The normalized spacial score (nSPS) is 10.7. The Balaban J connectivity index is 2.77. The molecule has 0 saturated heterocycles. The Morgan fingerprint density at radius 3 is 2.74 bits per heavy atom. The zero-order chi connectivity index (χ0) is 17.2. The van der Waals surface area contributed by atoms with Crippen LogP contribution in [0.15, 0.2) is 36.0 Å². The first kappa shape index (κ1) is 18.2. The van der Waals surface area contributed by atoms with Gasteiger partial charge in [-0.15, -0.1) is 0 Å². The molecule has 0 bridgehead atoms. The molecular weight excluding hydrogens is 294 g/mol. The average Bonchev–Trinajstić information content (AvgIpc) is 2.52. The highest BCUT2D eigenvalue weighted by Gasteiger charge is 2.11. The molecule has 0 aliphatic carbocycles. The molecule has 0 fully saturated rings. The highest BCUT2D eigenvalue weighted by molar-refractivity contribution is 5.97. The topological polar surface area (TPSA) is 93.4 Å². The number of carbonyl (C=O) groups is 2. The smallest absolute Gasteiger partial charge is 0.303 e. The summed E-state index contributed by atoms with van der Waals surface area (Å²) in [5.41, 5.74) is 1.98. The Bertz CT molecular complexity index is 632. The summed E-state index contributed by atoms with van der Waals surface area (Å²) in [5.74, 6) is -1.41. The Hall–Kier alpha value is -2.81. The molecule has 1 amide bonds. The van der Waals surface area contributed by atoms with Crippen molar-refractivity contribution in [1.29, 1.82) is 5.26 Å². The number of hydrogen-bond acceptors (Lipinski definition) is 4. The van der Waals surface area contributed by atoms with Crippen molar-refractivity contribution in [3.63, 3.8) is 0 Å². The van der Waals surface area contributed by atoms with Crippen LogP contribution < -0.4 is 10.2 Å². The van der Waals surface area contributed by atoms with Crippen LogP contribution in [-0.4, -0.2) is 30.1 Å². The molecule has 0 atom stereocenters. The van der Waals surface area contributed by atoms with E-state index in [0.717, 1.165) is 11.3 Å². The van der Waals surface area contributed by atoms with Crippen LogP contribution in [0, 0.1) is 18.3 Å². The van der Waals surface area contributed by atoms with Gasteiger partial charge in [0.1, 0.15) is 11.6 Å². The second-order valence-corrected chi connectivity index (χ2v) is 5.03. The van der Waals surface area contributed by atoms with Crippen molar-refractivity contribution < 1.29 is 14.7 Å². The van der Waals surface area contributed by atoms with Gasteiger partial charge in [-0.1, -0.05) is 12.1 Å². The third kappa shape index (κ3) is 6.22. The standard InChI is InChI=1S/C17H21N3O3/c1-3-20(15-7-4-6-13(2)10-15)12-14(11-18)17(23)19-9-5-8-16(21)22/h4,6-7,10,12H,3,5,8-9H2,1-2H3,(H,19,23)(H,21,22)/b14-12-. The third-order valence-electron chi connectivity index (χ3n) is 3.18. The molecule has 0 unspecified atom stereocenters.